The highest BCUT2D eigenvalue weighted by atomic mass is 79.9. The summed E-state index contributed by atoms with van der Waals surface area (Å²) in [6.07, 6.45) is 6.98. The number of nitrogens with zero attached hydrogens (tertiary/aromatic N) is 2. The van der Waals surface area contributed by atoms with Crippen molar-refractivity contribution >= 4 is 0 Å². The van der Waals surface area contributed by atoms with Gasteiger partial charge in [0.1, 0.15) is 18.9 Å². The Morgan fingerprint density at radius 1 is 1.18 bits per heavy atom. The number of rotatable bonds is 5. The molecule has 4 heteroatoms. The van der Waals surface area contributed by atoms with Gasteiger partial charge < -0.3 is 22.1 Å². The molecule has 0 spiro atoms. The molecular weight excluding hydrogens is 280 g/mol. The van der Waals surface area contributed by atoms with Gasteiger partial charge in [-0.3, -0.25) is 0 Å². The monoisotopic (exact) mass is 296 g/mol. The van der Waals surface area contributed by atoms with E-state index in [9.17, 15) is 0 Å². The Balaban J connectivity index is 0.00000144. The zero-order chi connectivity index (χ0) is 11.2. The maximum absolute atomic E-state index is 8.75. The van der Waals surface area contributed by atoms with Crippen LogP contribution in [0, 0.1) is 0 Å². The molecule has 1 heterocycles. The quantitative estimate of drug-likeness (QED) is 0.649. The third kappa shape index (κ3) is 4.32. The van der Waals surface area contributed by atoms with Crippen molar-refractivity contribution in [1.29, 1.82) is 0 Å². The molecule has 0 atom stereocenters. The molecule has 0 saturated heterocycles. The Kier molecular flexibility index (Phi) is 5.94. The average molecular weight is 297 g/mol. The molecule has 17 heavy (non-hydrogen) atoms. The maximum Gasteiger partial charge on any atom is 0.244 e. The minimum atomic E-state index is 0. The topological polar surface area (TPSA) is 29.0 Å². The van der Waals surface area contributed by atoms with Crippen LogP contribution < -0.4 is 21.5 Å². The van der Waals surface area contributed by atoms with E-state index in [4.69, 9.17) is 5.11 Å². The summed E-state index contributed by atoms with van der Waals surface area (Å²) in [7, 11) is 0. The van der Waals surface area contributed by atoms with Crippen molar-refractivity contribution in [3.8, 4) is 0 Å². The summed E-state index contributed by atoms with van der Waals surface area (Å²) in [6.45, 7) is 2.02. The van der Waals surface area contributed by atoms with Gasteiger partial charge in [-0.15, -0.1) is 0 Å². The molecule has 0 bridgehead atoms. The molecule has 0 aliphatic carbocycles. The summed E-state index contributed by atoms with van der Waals surface area (Å²) in [4.78, 5) is 0. The molecular formula is C13H17BrN2O. The number of hydrogen-bond acceptors (Lipinski definition) is 1. The van der Waals surface area contributed by atoms with E-state index in [1.54, 1.807) is 0 Å². The molecule has 0 amide bonds. The van der Waals surface area contributed by atoms with Crippen molar-refractivity contribution < 1.29 is 26.7 Å². The smallest absolute Gasteiger partial charge is 0.244 e. The van der Waals surface area contributed by atoms with Gasteiger partial charge in [0.15, 0.2) is 0 Å². The van der Waals surface area contributed by atoms with Crippen LogP contribution in [-0.2, 0) is 13.1 Å². The van der Waals surface area contributed by atoms with Crippen LogP contribution in [0.25, 0.3) is 0 Å². The second-order valence-electron chi connectivity index (χ2n) is 3.89. The SMILES string of the molecule is OCCC[n+]1ccn(Cc2ccccc2)c1.[Br-]. The number of benzene rings is 1. The van der Waals surface area contributed by atoms with Gasteiger partial charge in [0.25, 0.3) is 0 Å². The van der Waals surface area contributed by atoms with Gasteiger partial charge in [-0.2, -0.15) is 0 Å². The van der Waals surface area contributed by atoms with Crippen molar-refractivity contribution in [3.63, 3.8) is 0 Å². The van der Waals surface area contributed by atoms with Crippen LogP contribution in [-0.4, -0.2) is 16.3 Å². The number of hydrogen-bond donors (Lipinski definition) is 1. The number of aryl methyl sites for hydroxylation is 1. The van der Waals surface area contributed by atoms with Crippen LogP contribution in [0.5, 0.6) is 0 Å². The van der Waals surface area contributed by atoms with Crippen molar-refractivity contribution in [1.82, 2.24) is 4.57 Å². The van der Waals surface area contributed by atoms with E-state index in [0.29, 0.717) is 0 Å². The number of aliphatic hydroxyl groups excluding tert-OH is 1. The Morgan fingerprint density at radius 2 is 1.94 bits per heavy atom. The molecule has 3 nitrogen and oxygen atoms in total. The molecule has 0 aliphatic rings. The van der Waals surface area contributed by atoms with Gasteiger partial charge in [0.05, 0.1) is 6.54 Å². The molecule has 2 rings (SSSR count). The van der Waals surface area contributed by atoms with E-state index in [1.807, 2.05) is 12.3 Å². The molecule has 0 radical (unpaired) electrons. The van der Waals surface area contributed by atoms with Crippen LogP contribution >= 0.6 is 0 Å². The minimum Gasteiger partial charge on any atom is -1.00 e. The zero-order valence-electron chi connectivity index (χ0n) is 9.67. The van der Waals surface area contributed by atoms with Crippen LogP contribution in [0.4, 0.5) is 0 Å². The summed E-state index contributed by atoms with van der Waals surface area (Å²) in [5.74, 6) is 0. The Morgan fingerprint density at radius 3 is 2.65 bits per heavy atom. The van der Waals surface area contributed by atoms with Gasteiger partial charge in [0, 0.05) is 13.0 Å². The van der Waals surface area contributed by atoms with E-state index in [-0.39, 0.29) is 23.6 Å². The minimum absolute atomic E-state index is 0. The molecule has 2 aromatic rings. The number of aliphatic hydroxyl groups is 1. The first kappa shape index (κ1) is 13.9. The summed E-state index contributed by atoms with van der Waals surface area (Å²) < 4.78 is 4.24. The van der Waals surface area contributed by atoms with E-state index in [1.165, 1.54) is 5.56 Å². The molecule has 1 N–H and O–H groups in total. The average Bonchev–Trinajstić information content (AvgIpc) is 2.75. The summed E-state index contributed by atoms with van der Waals surface area (Å²) in [5.41, 5.74) is 1.30. The van der Waals surface area contributed by atoms with Crippen LogP contribution in [0.15, 0.2) is 49.1 Å². The fourth-order valence-corrected chi connectivity index (χ4v) is 1.71. The van der Waals surface area contributed by atoms with E-state index in [2.05, 4.69) is 45.9 Å². The standard InChI is InChI=1S/C13H17N2O.BrH/c16-10-4-7-14-8-9-15(12-14)11-13-5-2-1-3-6-13;/h1-3,5-6,8-9,12,16H,4,7,10-11H2;1H/q+1;/p-1. The van der Waals surface area contributed by atoms with E-state index < -0.39 is 0 Å². The predicted octanol–water partition coefficient (Wildman–Crippen LogP) is -1.79. The van der Waals surface area contributed by atoms with Crippen molar-refractivity contribution in [2.24, 2.45) is 0 Å². The van der Waals surface area contributed by atoms with Crippen LogP contribution in [0.1, 0.15) is 12.0 Å². The van der Waals surface area contributed by atoms with Gasteiger partial charge >= 0.3 is 0 Å². The van der Waals surface area contributed by atoms with Crippen LogP contribution in [0.3, 0.4) is 0 Å². The number of aromatic nitrogens is 2. The predicted molar refractivity (Wildman–Crippen MR) is 61.9 cm³/mol. The fourth-order valence-electron chi connectivity index (χ4n) is 1.71. The Bertz CT molecular complexity index is 428. The maximum atomic E-state index is 8.75. The lowest BCUT2D eigenvalue weighted by Crippen LogP contribution is -3.00. The highest BCUT2D eigenvalue weighted by Crippen LogP contribution is 2.00. The molecule has 92 valence electrons. The molecule has 1 aromatic heterocycles. The molecule has 0 saturated carbocycles. The summed E-state index contributed by atoms with van der Waals surface area (Å²) in [5, 5.41) is 8.75. The first-order valence-corrected chi connectivity index (χ1v) is 5.58. The van der Waals surface area contributed by atoms with Crippen molar-refractivity contribution in [3.05, 3.63) is 54.6 Å². The number of imidazole rings is 1. The molecule has 0 fully saturated rings. The third-order valence-electron chi connectivity index (χ3n) is 2.53. The van der Waals surface area contributed by atoms with Crippen molar-refractivity contribution in [2.75, 3.05) is 6.61 Å². The lowest BCUT2D eigenvalue weighted by atomic mass is 10.2. The van der Waals surface area contributed by atoms with Crippen LogP contribution in [0.2, 0.25) is 0 Å². The summed E-state index contributed by atoms with van der Waals surface area (Å²) in [6, 6.07) is 10.4. The van der Waals surface area contributed by atoms with Gasteiger partial charge in [-0.05, 0) is 5.56 Å². The number of halogens is 1. The first-order valence-electron chi connectivity index (χ1n) is 5.58. The van der Waals surface area contributed by atoms with Crippen molar-refractivity contribution in [2.45, 2.75) is 19.5 Å². The zero-order valence-corrected chi connectivity index (χ0v) is 11.3. The normalized spacial score (nSPS) is 9.94. The Hall–Kier alpha value is -1.13. The van der Waals surface area contributed by atoms with E-state index in [0.717, 1.165) is 19.5 Å². The third-order valence-corrected chi connectivity index (χ3v) is 2.53. The lowest BCUT2D eigenvalue weighted by Gasteiger charge is -1.96. The van der Waals surface area contributed by atoms with Gasteiger partial charge in [-0.25, -0.2) is 9.13 Å². The van der Waals surface area contributed by atoms with Gasteiger partial charge in [-0.1, -0.05) is 30.3 Å². The fraction of sp³-hybridized carbons (Fsp3) is 0.308. The van der Waals surface area contributed by atoms with Gasteiger partial charge in [0.2, 0.25) is 6.33 Å². The summed E-state index contributed by atoms with van der Waals surface area (Å²) >= 11 is 0. The largest absolute Gasteiger partial charge is 1.00 e. The second kappa shape index (κ2) is 7.25. The Labute approximate surface area is 112 Å². The highest BCUT2D eigenvalue weighted by molar-refractivity contribution is 5.14. The molecule has 1 aromatic carbocycles. The molecule has 0 unspecified atom stereocenters. The lowest BCUT2D eigenvalue weighted by molar-refractivity contribution is -0.697. The van der Waals surface area contributed by atoms with E-state index >= 15 is 0 Å². The second-order valence-corrected chi connectivity index (χ2v) is 3.89. The molecule has 0 aliphatic heterocycles. The first-order chi connectivity index (χ1) is 7.88. The highest BCUT2D eigenvalue weighted by Gasteiger charge is 2.03.